The summed E-state index contributed by atoms with van der Waals surface area (Å²) < 4.78 is 29.4. The Kier molecular flexibility index (Phi) is 8.00. The topological polar surface area (TPSA) is 74.1 Å². The van der Waals surface area contributed by atoms with Gasteiger partial charge in [-0.3, -0.25) is 9.59 Å². The highest BCUT2D eigenvalue weighted by Gasteiger charge is 2.53. The third-order valence-corrected chi connectivity index (χ3v) is 7.41. The smallest absolute Gasteiger partial charge is 0.242 e. The van der Waals surface area contributed by atoms with Crippen molar-refractivity contribution < 1.29 is 18.4 Å². The number of rotatable bonds is 7. The summed E-state index contributed by atoms with van der Waals surface area (Å²) in [7, 11) is 1.57. The van der Waals surface area contributed by atoms with E-state index in [1.807, 2.05) is 6.92 Å². The second-order valence-electron chi connectivity index (χ2n) is 9.71. The zero-order chi connectivity index (χ0) is 25.0. The molecular formula is C26H34F2N4O2. The van der Waals surface area contributed by atoms with Crippen LogP contribution in [0.3, 0.4) is 0 Å². The van der Waals surface area contributed by atoms with Gasteiger partial charge in [0.25, 0.3) is 0 Å². The van der Waals surface area contributed by atoms with Gasteiger partial charge in [0, 0.05) is 19.8 Å². The van der Waals surface area contributed by atoms with Crippen molar-refractivity contribution in [3.05, 3.63) is 54.3 Å². The molecule has 4 atom stereocenters. The molecule has 1 aliphatic heterocycles. The second kappa shape index (κ2) is 10.6. The third-order valence-electron chi connectivity index (χ3n) is 7.41. The van der Waals surface area contributed by atoms with Gasteiger partial charge in [-0.05, 0) is 55.6 Å². The lowest BCUT2D eigenvalue weighted by Crippen LogP contribution is -2.51. The molecule has 2 unspecified atom stereocenters. The summed E-state index contributed by atoms with van der Waals surface area (Å²) in [6, 6.07) is 3.14. The van der Waals surface area contributed by atoms with Crippen molar-refractivity contribution in [3.63, 3.8) is 0 Å². The van der Waals surface area contributed by atoms with Crippen LogP contribution in [0.25, 0.3) is 5.70 Å². The lowest BCUT2D eigenvalue weighted by Gasteiger charge is -2.37. The first-order valence-electron chi connectivity index (χ1n) is 11.9. The Morgan fingerprint density at radius 2 is 1.94 bits per heavy atom. The Morgan fingerprint density at radius 1 is 1.26 bits per heavy atom. The molecule has 6 nitrogen and oxygen atoms in total. The van der Waals surface area contributed by atoms with Gasteiger partial charge in [-0.1, -0.05) is 39.5 Å². The number of hydrogen-bond donors (Lipinski definition) is 1. The SMILES string of the molecule is C=CN=N/C(=C\C1[C@H](C(C)C)CC[C@]1(C)C(=O)N1CCCC1C(=O)NC)c1c(F)cccc1F. The van der Waals surface area contributed by atoms with Gasteiger partial charge in [-0.2, -0.15) is 10.2 Å². The quantitative estimate of drug-likeness (QED) is 0.545. The minimum absolute atomic E-state index is 0.0383. The van der Waals surface area contributed by atoms with Crippen LogP contribution in [0.2, 0.25) is 0 Å². The van der Waals surface area contributed by atoms with Crippen molar-refractivity contribution in [3.8, 4) is 0 Å². The molecule has 1 saturated carbocycles. The highest BCUT2D eigenvalue weighted by atomic mass is 19.1. The maximum atomic E-state index is 14.7. The number of nitrogens with zero attached hydrogens (tertiary/aromatic N) is 3. The average molecular weight is 473 g/mol. The number of benzene rings is 1. The van der Waals surface area contributed by atoms with Gasteiger partial charge in [0.15, 0.2) is 0 Å². The van der Waals surface area contributed by atoms with E-state index in [0.29, 0.717) is 19.4 Å². The molecule has 184 valence electrons. The first kappa shape index (κ1) is 25.7. The number of carbonyl (C=O) groups excluding carboxylic acids is 2. The zero-order valence-corrected chi connectivity index (χ0v) is 20.4. The minimum Gasteiger partial charge on any atom is -0.357 e. The van der Waals surface area contributed by atoms with Gasteiger partial charge in [0.2, 0.25) is 11.8 Å². The second-order valence-corrected chi connectivity index (χ2v) is 9.71. The minimum atomic E-state index is -0.845. The number of amides is 2. The van der Waals surface area contributed by atoms with Crippen LogP contribution in [0, 0.1) is 34.8 Å². The van der Waals surface area contributed by atoms with Crippen LogP contribution in [0.4, 0.5) is 8.78 Å². The van der Waals surface area contributed by atoms with Gasteiger partial charge in [0.1, 0.15) is 17.7 Å². The molecule has 1 saturated heterocycles. The number of nitrogens with one attached hydrogen (secondary N) is 1. The molecule has 1 heterocycles. The van der Waals surface area contributed by atoms with Crippen molar-refractivity contribution in [2.45, 2.75) is 52.5 Å². The fourth-order valence-electron chi connectivity index (χ4n) is 5.55. The van der Waals surface area contributed by atoms with Crippen molar-refractivity contribution in [1.82, 2.24) is 10.2 Å². The van der Waals surface area contributed by atoms with E-state index in [9.17, 15) is 18.4 Å². The van der Waals surface area contributed by atoms with E-state index < -0.39 is 23.1 Å². The Labute approximate surface area is 200 Å². The number of likely N-dealkylation sites (tertiary alicyclic amines) is 1. The fourth-order valence-corrected chi connectivity index (χ4v) is 5.55. The van der Waals surface area contributed by atoms with E-state index in [2.05, 4.69) is 36.0 Å². The molecular weight excluding hydrogens is 438 g/mol. The Balaban J connectivity index is 2.11. The predicted octanol–water partition coefficient (Wildman–Crippen LogP) is 5.33. The van der Waals surface area contributed by atoms with Crippen LogP contribution in [-0.4, -0.2) is 36.3 Å². The summed E-state index contributed by atoms with van der Waals surface area (Å²) in [5.74, 6) is -1.79. The monoisotopic (exact) mass is 472 g/mol. The van der Waals surface area contributed by atoms with Crippen LogP contribution >= 0.6 is 0 Å². The molecule has 0 aromatic heterocycles. The molecule has 1 aromatic rings. The summed E-state index contributed by atoms with van der Waals surface area (Å²) in [4.78, 5) is 28.0. The van der Waals surface area contributed by atoms with Crippen molar-refractivity contribution in [2.75, 3.05) is 13.6 Å². The zero-order valence-electron chi connectivity index (χ0n) is 20.4. The standard InChI is InChI=1S/C26H34F2N4O2/c1-6-30-31-21(23-19(27)9-7-10-20(23)28)15-18-17(16(2)3)12-13-26(18,4)25(34)32-14-8-11-22(32)24(33)29-5/h6-7,9-10,15-18,22H,1,8,11-14H2,2-5H3,(H,29,33)/b21-15-,31-30?/t17-,18?,22?,26-/m0/s1. The molecule has 1 aromatic carbocycles. The summed E-state index contributed by atoms with van der Waals surface area (Å²) >= 11 is 0. The van der Waals surface area contributed by atoms with Gasteiger partial charge < -0.3 is 10.2 Å². The van der Waals surface area contributed by atoms with Gasteiger partial charge in [-0.25, -0.2) is 8.78 Å². The number of carbonyl (C=O) groups is 2. The van der Waals surface area contributed by atoms with E-state index in [-0.39, 0.29) is 40.8 Å². The van der Waals surface area contributed by atoms with Gasteiger partial charge >= 0.3 is 0 Å². The average Bonchev–Trinajstić information content (AvgIpc) is 3.42. The summed E-state index contributed by atoms with van der Waals surface area (Å²) in [5.41, 5.74) is -1.08. The fraction of sp³-hybridized carbons (Fsp3) is 0.538. The molecule has 8 heteroatoms. The van der Waals surface area contributed by atoms with Crippen LogP contribution in [-0.2, 0) is 9.59 Å². The van der Waals surface area contributed by atoms with Crippen LogP contribution < -0.4 is 5.32 Å². The number of allylic oxidation sites excluding steroid dienone is 1. The molecule has 3 rings (SSSR count). The van der Waals surface area contributed by atoms with Gasteiger partial charge in [0.05, 0.1) is 16.7 Å². The Morgan fingerprint density at radius 3 is 2.53 bits per heavy atom. The molecule has 1 aliphatic carbocycles. The lowest BCUT2D eigenvalue weighted by molar-refractivity contribution is -0.147. The van der Waals surface area contributed by atoms with Crippen LogP contribution in [0.1, 0.15) is 52.0 Å². The lowest BCUT2D eigenvalue weighted by atomic mass is 9.72. The Hall–Kier alpha value is -2.90. The number of halogens is 2. The first-order valence-corrected chi connectivity index (χ1v) is 11.9. The van der Waals surface area contributed by atoms with E-state index in [1.165, 1.54) is 24.4 Å². The molecule has 34 heavy (non-hydrogen) atoms. The van der Waals surface area contributed by atoms with Crippen molar-refractivity contribution in [1.29, 1.82) is 0 Å². The Bertz CT molecular complexity index is 986. The maximum Gasteiger partial charge on any atom is 0.242 e. The molecule has 2 fully saturated rings. The largest absolute Gasteiger partial charge is 0.357 e. The molecule has 2 amide bonds. The normalized spacial score (nSPS) is 27.6. The van der Waals surface area contributed by atoms with E-state index >= 15 is 0 Å². The highest BCUT2D eigenvalue weighted by molar-refractivity contribution is 5.91. The number of azo groups is 1. The first-order chi connectivity index (χ1) is 16.2. The highest BCUT2D eigenvalue weighted by Crippen LogP contribution is 2.53. The maximum absolute atomic E-state index is 14.7. The van der Waals surface area contributed by atoms with Crippen LogP contribution in [0.15, 0.2) is 47.3 Å². The van der Waals surface area contributed by atoms with E-state index in [1.54, 1.807) is 18.0 Å². The third kappa shape index (κ3) is 4.81. The number of likely N-dealkylation sites (N-methyl/N-ethyl adjacent to an activating group) is 1. The molecule has 0 bridgehead atoms. The summed E-state index contributed by atoms with van der Waals surface area (Å²) in [5, 5.41) is 10.5. The summed E-state index contributed by atoms with van der Waals surface area (Å²) in [6.45, 7) is 10.1. The van der Waals surface area contributed by atoms with Crippen LogP contribution in [0.5, 0.6) is 0 Å². The predicted molar refractivity (Wildman–Crippen MR) is 127 cm³/mol. The van der Waals surface area contributed by atoms with Gasteiger partial charge in [-0.15, -0.1) is 0 Å². The van der Waals surface area contributed by atoms with Crippen molar-refractivity contribution >= 4 is 17.5 Å². The van der Waals surface area contributed by atoms with E-state index in [4.69, 9.17) is 0 Å². The van der Waals surface area contributed by atoms with Crippen molar-refractivity contribution in [2.24, 2.45) is 33.4 Å². The molecule has 0 radical (unpaired) electrons. The molecule has 0 spiro atoms. The summed E-state index contributed by atoms with van der Waals surface area (Å²) in [6.07, 6.45) is 5.67. The van der Waals surface area contributed by atoms with E-state index in [0.717, 1.165) is 12.8 Å². The number of hydrogen-bond acceptors (Lipinski definition) is 4. The molecule has 2 aliphatic rings. The molecule has 1 N–H and O–H groups in total.